The van der Waals surface area contributed by atoms with Crippen LogP contribution in [0.2, 0.25) is 5.02 Å². The van der Waals surface area contributed by atoms with Gasteiger partial charge >= 0.3 is 0 Å². The predicted octanol–water partition coefficient (Wildman–Crippen LogP) is 3.41. The smallest absolute Gasteiger partial charge is 0.273 e. The number of halogens is 1. The quantitative estimate of drug-likeness (QED) is 0.513. The summed E-state index contributed by atoms with van der Waals surface area (Å²) in [5, 5.41) is 2.44. The lowest BCUT2D eigenvalue weighted by Gasteiger charge is -2.48. The molecule has 0 unspecified atom stereocenters. The zero-order valence-electron chi connectivity index (χ0n) is 18.3. The highest BCUT2D eigenvalue weighted by atomic mass is 35.5. The molecule has 7 nitrogen and oxygen atoms in total. The highest BCUT2D eigenvalue weighted by molar-refractivity contribution is 7.07. The molecule has 0 atom stereocenters. The number of hydrogen-bond donors (Lipinski definition) is 0. The normalized spacial score (nSPS) is 17.7. The third-order valence-corrected chi connectivity index (χ3v) is 7.00. The maximum Gasteiger partial charge on any atom is 0.273 e. The van der Waals surface area contributed by atoms with Gasteiger partial charge in [0.1, 0.15) is 18.1 Å². The standard InChI is InChI=1S/C24H26ClN5O2S/c25-20-9-19(10-26-11-20)15-32-22-3-1-18(2-4-22)12-28-13-21(14-28)29-5-7-30(8-6-29)24(31)23-16-33-17-27-23/h1-4,9-11,16-17,21H,5-8,12-15H2. The van der Waals surface area contributed by atoms with Crippen LogP contribution in [0.4, 0.5) is 0 Å². The molecule has 33 heavy (non-hydrogen) atoms. The third kappa shape index (κ3) is 5.52. The second-order valence-corrected chi connectivity index (χ2v) is 9.65. The van der Waals surface area contributed by atoms with Gasteiger partial charge in [-0.3, -0.25) is 19.6 Å². The van der Waals surface area contributed by atoms with Crippen molar-refractivity contribution in [2.24, 2.45) is 0 Å². The maximum atomic E-state index is 12.5. The van der Waals surface area contributed by atoms with E-state index in [9.17, 15) is 4.79 Å². The summed E-state index contributed by atoms with van der Waals surface area (Å²) in [6.07, 6.45) is 3.38. The van der Waals surface area contributed by atoms with E-state index in [1.165, 1.54) is 16.9 Å². The summed E-state index contributed by atoms with van der Waals surface area (Å²) < 4.78 is 5.84. The van der Waals surface area contributed by atoms with Crippen molar-refractivity contribution in [1.29, 1.82) is 0 Å². The molecule has 0 spiro atoms. The van der Waals surface area contributed by atoms with Gasteiger partial charge in [0.15, 0.2) is 0 Å². The Morgan fingerprint density at radius 3 is 2.58 bits per heavy atom. The number of piperazine rings is 1. The number of pyridine rings is 1. The van der Waals surface area contributed by atoms with Gasteiger partial charge in [0.05, 0.1) is 10.5 Å². The second kappa shape index (κ2) is 10.2. The number of thiazole rings is 1. The number of benzene rings is 1. The predicted molar refractivity (Wildman–Crippen MR) is 129 cm³/mol. The van der Waals surface area contributed by atoms with E-state index in [4.69, 9.17) is 16.3 Å². The second-order valence-electron chi connectivity index (χ2n) is 8.49. The van der Waals surface area contributed by atoms with Crippen LogP contribution in [0.5, 0.6) is 5.75 Å². The number of nitrogens with zero attached hydrogens (tertiary/aromatic N) is 5. The fourth-order valence-electron chi connectivity index (χ4n) is 4.32. The molecular weight excluding hydrogens is 458 g/mol. The van der Waals surface area contributed by atoms with Crippen LogP contribution in [-0.4, -0.2) is 75.9 Å². The van der Waals surface area contributed by atoms with Gasteiger partial charge in [-0.15, -0.1) is 11.3 Å². The number of amides is 1. The Morgan fingerprint density at radius 2 is 1.88 bits per heavy atom. The summed E-state index contributed by atoms with van der Waals surface area (Å²) in [5.41, 5.74) is 4.52. The van der Waals surface area contributed by atoms with Crippen LogP contribution in [0.15, 0.2) is 53.6 Å². The summed E-state index contributed by atoms with van der Waals surface area (Å²) in [6, 6.07) is 10.7. The van der Waals surface area contributed by atoms with Crippen LogP contribution >= 0.6 is 22.9 Å². The number of aromatic nitrogens is 2. The molecule has 172 valence electrons. The molecule has 2 aliphatic heterocycles. The largest absolute Gasteiger partial charge is 0.489 e. The van der Waals surface area contributed by atoms with Crippen LogP contribution in [-0.2, 0) is 13.2 Å². The Kier molecular flexibility index (Phi) is 6.87. The lowest BCUT2D eigenvalue weighted by molar-refractivity contribution is 0.00247. The fraction of sp³-hybridized carbons (Fsp3) is 0.375. The van der Waals surface area contributed by atoms with Crippen molar-refractivity contribution in [1.82, 2.24) is 24.7 Å². The van der Waals surface area contributed by atoms with E-state index in [0.29, 0.717) is 23.4 Å². The molecule has 2 aromatic heterocycles. The zero-order valence-corrected chi connectivity index (χ0v) is 19.8. The van der Waals surface area contributed by atoms with Gasteiger partial charge in [-0.1, -0.05) is 23.7 Å². The first-order valence-electron chi connectivity index (χ1n) is 11.1. The Morgan fingerprint density at radius 1 is 1.09 bits per heavy atom. The van der Waals surface area contributed by atoms with E-state index in [1.807, 2.05) is 28.5 Å². The molecule has 0 saturated carbocycles. The lowest BCUT2D eigenvalue weighted by Crippen LogP contribution is -2.63. The van der Waals surface area contributed by atoms with E-state index < -0.39 is 0 Å². The van der Waals surface area contributed by atoms with Crippen molar-refractivity contribution < 1.29 is 9.53 Å². The average molecular weight is 484 g/mol. The molecule has 0 aliphatic carbocycles. The number of hydrogen-bond acceptors (Lipinski definition) is 7. The summed E-state index contributed by atoms with van der Waals surface area (Å²) >= 11 is 7.43. The minimum atomic E-state index is 0.0581. The Labute approximate surface area is 202 Å². The van der Waals surface area contributed by atoms with E-state index in [0.717, 1.165) is 57.1 Å². The van der Waals surface area contributed by atoms with E-state index in [2.05, 4.69) is 31.9 Å². The van der Waals surface area contributed by atoms with E-state index >= 15 is 0 Å². The fourth-order valence-corrected chi connectivity index (χ4v) is 5.05. The van der Waals surface area contributed by atoms with Crippen LogP contribution in [0, 0.1) is 0 Å². The van der Waals surface area contributed by atoms with Crippen LogP contribution in [0.3, 0.4) is 0 Å². The maximum absolute atomic E-state index is 12.5. The topological polar surface area (TPSA) is 61.8 Å². The Bertz CT molecular complexity index is 1060. The van der Waals surface area contributed by atoms with Crippen LogP contribution in [0.25, 0.3) is 0 Å². The molecule has 0 bridgehead atoms. The van der Waals surface area contributed by atoms with Gasteiger partial charge in [0.2, 0.25) is 0 Å². The molecule has 4 heterocycles. The molecule has 3 aromatic rings. The van der Waals surface area contributed by atoms with E-state index in [-0.39, 0.29) is 5.91 Å². The molecule has 1 aromatic carbocycles. The van der Waals surface area contributed by atoms with Crippen molar-refractivity contribution in [3.05, 3.63) is 75.5 Å². The first-order chi connectivity index (χ1) is 16.1. The first-order valence-corrected chi connectivity index (χ1v) is 12.4. The Balaban J connectivity index is 1.03. The molecule has 5 rings (SSSR count). The summed E-state index contributed by atoms with van der Waals surface area (Å²) in [7, 11) is 0. The Hall–Kier alpha value is -2.52. The summed E-state index contributed by atoms with van der Waals surface area (Å²) in [6.45, 7) is 6.95. The van der Waals surface area contributed by atoms with Crippen molar-refractivity contribution in [3.8, 4) is 5.75 Å². The highest BCUT2D eigenvalue weighted by Gasteiger charge is 2.34. The third-order valence-electron chi connectivity index (χ3n) is 6.20. The summed E-state index contributed by atoms with van der Waals surface area (Å²) in [5.74, 6) is 0.896. The lowest BCUT2D eigenvalue weighted by atomic mass is 10.0. The van der Waals surface area contributed by atoms with Gasteiger partial charge in [0.25, 0.3) is 5.91 Å². The van der Waals surface area contributed by atoms with Gasteiger partial charge < -0.3 is 9.64 Å². The molecule has 1 amide bonds. The number of carbonyl (C=O) groups excluding carboxylic acids is 1. The zero-order chi connectivity index (χ0) is 22.6. The highest BCUT2D eigenvalue weighted by Crippen LogP contribution is 2.22. The molecule has 0 radical (unpaired) electrons. The van der Waals surface area contributed by atoms with Crippen molar-refractivity contribution in [2.45, 2.75) is 19.2 Å². The van der Waals surface area contributed by atoms with Gasteiger partial charge in [-0.05, 0) is 23.8 Å². The molecule has 2 saturated heterocycles. The van der Waals surface area contributed by atoms with Crippen LogP contribution in [0.1, 0.15) is 21.6 Å². The number of ether oxygens (including phenoxy) is 1. The van der Waals surface area contributed by atoms with Crippen molar-refractivity contribution in [3.63, 3.8) is 0 Å². The number of likely N-dealkylation sites (tertiary alicyclic amines) is 1. The molecule has 2 aliphatic rings. The molecule has 0 N–H and O–H groups in total. The van der Waals surface area contributed by atoms with Crippen LogP contribution < -0.4 is 4.74 Å². The minimum absolute atomic E-state index is 0.0581. The van der Waals surface area contributed by atoms with Gasteiger partial charge in [-0.2, -0.15) is 0 Å². The van der Waals surface area contributed by atoms with Crippen molar-refractivity contribution in [2.75, 3.05) is 39.3 Å². The monoisotopic (exact) mass is 483 g/mol. The van der Waals surface area contributed by atoms with Gasteiger partial charge in [-0.25, -0.2) is 4.98 Å². The van der Waals surface area contributed by atoms with E-state index in [1.54, 1.807) is 17.9 Å². The molecular formula is C24H26ClN5O2S. The molecule has 9 heteroatoms. The number of carbonyl (C=O) groups is 1. The SMILES string of the molecule is O=C(c1cscn1)N1CCN(C2CN(Cc3ccc(OCc4cncc(Cl)c4)cc3)C2)CC1. The molecule has 2 fully saturated rings. The summed E-state index contributed by atoms with van der Waals surface area (Å²) in [4.78, 5) is 27.6. The number of rotatable bonds is 7. The first kappa shape index (κ1) is 22.3. The average Bonchev–Trinajstić information content (AvgIpc) is 3.35. The van der Waals surface area contributed by atoms with Gasteiger partial charge in [0, 0.05) is 75.2 Å². The minimum Gasteiger partial charge on any atom is -0.489 e. The van der Waals surface area contributed by atoms with Crippen molar-refractivity contribution >= 4 is 28.8 Å².